The molecule has 3 nitrogen and oxygen atoms in total. The van der Waals surface area contributed by atoms with Crippen LogP contribution in [0.4, 0.5) is 18.9 Å². The van der Waals surface area contributed by atoms with Crippen LogP contribution in [-0.2, 0) is 10.2 Å². The van der Waals surface area contributed by atoms with Crippen LogP contribution in [0.25, 0.3) is 5.57 Å². The van der Waals surface area contributed by atoms with Gasteiger partial charge in [-0.05, 0) is 59.9 Å². The fourth-order valence-corrected chi connectivity index (χ4v) is 2.98. The van der Waals surface area contributed by atoms with Crippen LogP contribution < -0.4 is 10.6 Å². The van der Waals surface area contributed by atoms with Gasteiger partial charge in [0.15, 0.2) is 0 Å². The highest BCUT2D eigenvalue weighted by molar-refractivity contribution is 5.80. The number of nitrogens with one attached hydrogen (secondary N) is 2. The molecule has 6 heteroatoms. The van der Waals surface area contributed by atoms with Gasteiger partial charge in [-0.2, -0.15) is 13.2 Å². The van der Waals surface area contributed by atoms with Crippen molar-refractivity contribution in [2.45, 2.75) is 65.0 Å². The number of hydrogen-bond donors (Lipinski definition) is 2. The second kappa shape index (κ2) is 9.01. The third kappa shape index (κ3) is 7.21. The fourth-order valence-electron chi connectivity index (χ4n) is 2.98. The number of halogens is 3. The van der Waals surface area contributed by atoms with Gasteiger partial charge >= 0.3 is 6.18 Å². The molecule has 156 valence electrons. The molecule has 0 saturated heterocycles. The topological polar surface area (TPSA) is 41.1 Å². The van der Waals surface area contributed by atoms with E-state index in [4.69, 9.17) is 0 Å². The number of carbonyl (C=O) groups excluding carboxylic acids is 1. The van der Waals surface area contributed by atoms with Gasteiger partial charge < -0.3 is 10.6 Å². The molecule has 1 aliphatic carbocycles. The van der Waals surface area contributed by atoms with Gasteiger partial charge in [0, 0.05) is 18.7 Å². The van der Waals surface area contributed by atoms with E-state index in [9.17, 15) is 18.0 Å². The molecule has 0 aliphatic heterocycles. The monoisotopic (exact) mass is 396 g/mol. The normalized spacial score (nSPS) is 15.9. The molecule has 0 aromatic heterocycles. The zero-order chi connectivity index (χ0) is 20.9. The van der Waals surface area contributed by atoms with Gasteiger partial charge in [0.2, 0.25) is 5.91 Å². The number of amides is 1. The van der Waals surface area contributed by atoms with Crippen molar-refractivity contribution in [1.82, 2.24) is 5.32 Å². The fraction of sp³-hybridized carbons (Fsp3) is 0.591. The summed E-state index contributed by atoms with van der Waals surface area (Å²) in [5, 5.41) is 5.43. The molecule has 0 heterocycles. The third-order valence-electron chi connectivity index (χ3n) is 5.15. The van der Waals surface area contributed by atoms with Crippen LogP contribution in [-0.4, -0.2) is 25.2 Å². The maximum Gasteiger partial charge on any atom is 0.405 e. The van der Waals surface area contributed by atoms with Gasteiger partial charge in [-0.15, -0.1) is 0 Å². The van der Waals surface area contributed by atoms with E-state index < -0.39 is 12.7 Å². The van der Waals surface area contributed by atoms with E-state index in [0.717, 1.165) is 23.2 Å². The number of alkyl halides is 3. The zero-order valence-corrected chi connectivity index (χ0v) is 17.2. The summed E-state index contributed by atoms with van der Waals surface area (Å²) in [7, 11) is 0. The third-order valence-corrected chi connectivity index (χ3v) is 5.15. The van der Waals surface area contributed by atoms with Crippen LogP contribution in [0, 0.1) is 5.92 Å². The van der Waals surface area contributed by atoms with Crippen LogP contribution in [0.3, 0.4) is 0 Å². The van der Waals surface area contributed by atoms with Crippen molar-refractivity contribution in [3.05, 3.63) is 35.4 Å². The highest BCUT2D eigenvalue weighted by Crippen LogP contribution is 2.30. The summed E-state index contributed by atoms with van der Waals surface area (Å²) >= 11 is 0. The van der Waals surface area contributed by atoms with E-state index >= 15 is 0 Å². The first kappa shape index (κ1) is 22.3. The second-order valence-corrected chi connectivity index (χ2v) is 8.71. The first-order valence-electron chi connectivity index (χ1n) is 9.84. The van der Waals surface area contributed by atoms with Crippen LogP contribution in [0.15, 0.2) is 24.3 Å². The molecule has 2 rings (SSSR count). The minimum absolute atomic E-state index is 0.0198. The first-order valence-corrected chi connectivity index (χ1v) is 9.84. The summed E-state index contributed by atoms with van der Waals surface area (Å²) in [6, 6.07) is 5.45. The molecule has 0 atom stereocenters. The lowest BCUT2D eigenvalue weighted by Gasteiger charge is -2.25. The Kier molecular flexibility index (Phi) is 7.18. The second-order valence-electron chi connectivity index (χ2n) is 8.71. The van der Waals surface area contributed by atoms with Crippen molar-refractivity contribution in [3.8, 4) is 0 Å². The lowest BCUT2D eigenvalue weighted by molar-refractivity contribution is -0.120. The van der Waals surface area contributed by atoms with Gasteiger partial charge in [-0.1, -0.05) is 39.3 Å². The molecule has 1 amide bonds. The number of carbonyl (C=O) groups is 1. The number of benzene rings is 1. The van der Waals surface area contributed by atoms with Gasteiger partial charge in [0.05, 0.1) is 0 Å². The van der Waals surface area contributed by atoms with Crippen LogP contribution >= 0.6 is 0 Å². The zero-order valence-electron chi connectivity index (χ0n) is 17.2. The molecular weight excluding hydrogens is 365 g/mol. The molecule has 28 heavy (non-hydrogen) atoms. The van der Waals surface area contributed by atoms with E-state index in [1.807, 2.05) is 39.8 Å². The molecule has 1 aromatic carbocycles. The molecular formula is C22H31F3N2O. The Morgan fingerprint density at radius 3 is 2.39 bits per heavy atom. The highest BCUT2D eigenvalue weighted by Gasteiger charge is 2.27. The van der Waals surface area contributed by atoms with Crippen molar-refractivity contribution >= 4 is 17.2 Å². The van der Waals surface area contributed by atoms with Crippen molar-refractivity contribution in [2.24, 2.45) is 5.92 Å². The molecule has 2 N–H and O–H groups in total. The van der Waals surface area contributed by atoms with Gasteiger partial charge in [-0.3, -0.25) is 4.79 Å². The van der Waals surface area contributed by atoms with E-state index in [1.54, 1.807) is 12.1 Å². The van der Waals surface area contributed by atoms with Crippen LogP contribution in [0.5, 0.6) is 0 Å². The van der Waals surface area contributed by atoms with E-state index in [-0.39, 0.29) is 17.7 Å². The Morgan fingerprint density at radius 1 is 1.18 bits per heavy atom. The lowest BCUT2D eigenvalue weighted by Crippen LogP contribution is -2.31. The smallest absolute Gasteiger partial charge is 0.376 e. The maximum absolute atomic E-state index is 12.6. The predicted molar refractivity (Wildman–Crippen MR) is 108 cm³/mol. The van der Waals surface area contributed by atoms with Gasteiger partial charge in [0.25, 0.3) is 0 Å². The Bertz CT molecular complexity index is 713. The summed E-state index contributed by atoms with van der Waals surface area (Å²) in [5.41, 5.74) is 2.87. The highest BCUT2D eigenvalue weighted by atomic mass is 19.4. The number of hydrogen-bond acceptors (Lipinski definition) is 2. The number of rotatable bonds is 7. The summed E-state index contributed by atoms with van der Waals surface area (Å²) < 4.78 is 37.8. The summed E-state index contributed by atoms with van der Waals surface area (Å²) in [6.07, 6.45) is 1.44. The van der Waals surface area contributed by atoms with E-state index in [1.165, 1.54) is 19.3 Å². The molecule has 0 spiro atoms. The minimum Gasteiger partial charge on any atom is -0.376 e. The minimum atomic E-state index is -4.28. The van der Waals surface area contributed by atoms with E-state index in [0.29, 0.717) is 11.6 Å². The summed E-state index contributed by atoms with van der Waals surface area (Å²) in [5.74, 6) is 0.591. The molecule has 1 aliphatic rings. The van der Waals surface area contributed by atoms with Crippen molar-refractivity contribution < 1.29 is 18.0 Å². The van der Waals surface area contributed by atoms with Crippen molar-refractivity contribution in [2.75, 3.05) is 18.4 Å². The van der Waals surface area contributed by atoms with Crippen molar-refractivity contribution in [1.29, 1.82) is 0 Å². The maximum atomic E-state index is 12.6. The average molecular weight is 396 g/mol. The number of anilines is 1. The summed E-state index contributed by atoms with van der Waals surface area (Å²) in [6.45, 7) is 7.60. The Balaban J connectivity index is 2.10. The lowest BCUT2D eigenvalue weighted by atomic mass is 9.85. The molecule has 1 aromatic rings. The Morgan fingerprint density at radius 2 is 1.86 bits per heavy atom. The largest absolute Gasteiger partial charge is 0.405 e. The first-order chi connectivity index (χ1) is 12.9. The molecule has 0 radical (unpaired) electrons. The Hall–Kier alpha value is -1.98. The standard InChI is InChI=1S/C22H31F3N2O/c1-15(8-9-20(28)26-13-16-6-5-7-16)17-10-18(21(2,3)4)12-19(11-17)27-14-22(23,24)25/h8,10-12,16,27H,5-7,9,13-14H2,1-4H3,(H,26,28)/b15-8-. The molecule has 0 unspecified atom stereocenters. The quantitative estimate of drug-likeness (QED) is 0.624. The molecule has 1 saturated carbocycles. The van der Waals surface area contributed by atoms with E-state index in [2.05, 4.69) is 10.6 Å². The van der Waals surface area contributed by atoms with Crippen LogP contribution in [0.2, 0.25) is 0 Å². The van der Waals surface area contributed by atoms with Gasteiger partial charge in [0.1, 0.15) is 6.54 Å². The average Bonchev–Trinajstić information content (AvgIpc) is 2.54. The molecule has 0 bridgehead atoms. The Labute approximate surface area is 165 Å². The van der Waals surface area contributed by atoms with Gasteiger partial charge in [-0.25, -0.2) is 0 Å². The van der Waals surface area contributed by atoms with Crippen LogP contribution in [0.1, 0.15) is 64.5 Å². The SMILES string of the molecule is C/C(=C/CC(=O)NCC1CCC1)c1cc(NCC(F)(F)F)cc(C(C)(C)C)c1. The predicted octanol–water partition coefficient (Wildman–Crippen LogP) is 5.67. The molecule has 1 fully saturated rings. The summed E-state index contributed by atoms with van der Waals surface area (Å²) in [4.78, 5) is 12.0. The number of allylic oxidation sites excluding steroid dienone is 1. The van der Waals surface area contributed by atoms with Crippen molar-refractivity contribution in [3.63, 3.8) is 0 Å².